The van der Waals surface area contributed by atoms with E-state index in [0.29, 0.717) is 11.5 Å². The average molecular weight is 210 g/mol. The number of carbonyl (C=O) groups excluding carboxylic acids is 1. The van der Waals surface area contributed by atoms with E-state index < -0.39 is 6.16 Å². The van der Waals surface area contributed by atoms with Crippen LogP contribution in [0.4, 0.5) is 4.79 Å². The van der Waals surface area contributed by atoms with Crippen LogP contribution in [-0.4, -0.2) is 19.4 Å². The van der Waals surface area contributed by atoms with Gasteiger partial charge in [-0.15, -0.1) is 0 Å². The van der Waals surface area contributed by atoms with Gasteiger partial charge in [-0.1, -0.05) is 12.1 Å². The normalized spacial score (nSPS) is 9.87. The molecule has 0 saturated carbocycles. The number of hydrogen-bond acceptors (Lipinski definition) is 4. The number of methoxy groups -OCH3 is 1. The van der Waals surface area contributed by atoms with Crippen molar-refractivity contribution in [2.24, 2.45) is 0 Å². The molecule has 0 heterocycles. The molecule has 4 nitrogen and oxygen atoms in total. The fourth-order valence-electron chi connectivity index (χ4n) is 1.01. The molecule has 0 unspecified atom stereocenters. The number of carbonyl (C=O) groups is 1. The maximum Gasteiger partial charge on any atom is 0.514 e. The zero-order valence-electron chi connectivity index (χ0n) is 9.02. The first-order valence-corrected chi connectivity index (χ1v) is 4.65. The topological polar surface area (TPSA) is 44.8 Å². The van der Waals surface area contributed by atoms with Crippen molar-refractivity contribution >= 4 is 6.16 Å². The molecule has 4 heteroatoms. The van der Waals surface area contributed by atoms with Gasteiger partial charge < -0.3 is 14.2 Å². The Morgan fingerprint density at radius 1 is 1.20 bits per heavy atom. The summed E-state index contributed by atoms with van der Waals surface area (Å²) in [6.45, 7) is 3.51. The third-order valence-electron chi connectivity index (χ3n) is 1.59. The van der Waals surface area contributed by atoms with Crippen LogP contribution >= 0.6 is 0 Å². The first-order valence-electron chi connectivity index (χ1n) is 4.65. The number of rotatable bonds is 3. The molecule has 1 rings (SSSR count). The quantitative estimate of drug-likeness (QED) is 0.568. The van der Waals surface area contributed by atoms with E-state index in [-0.39, 0.29) is 6.10 Å². The van der Waals surface area contributed by atoms with Crippen LogP contribution in [0.3, 0.4) is 0 Å². The Bertz CT molecular complexity index is 333. The van der Waals surface area contributed by atoms with E-state index in [1.807, 2.05) is 0 Å². The molecule has 1 aromatic carbocycles. The average Bonchev–Trinajstić information content (AvgIpc) is 2.17. The predicted molar refractivity (Wildman–Crippen MR) is 55.2 cm³/mol. The van der Waals surface area contributed by atoms with Gasteiger partial charge in [0.05, 0.1) is 13.2 Å². The van der Waals surface area contributed by atoms with Crippen molar-refractivity contribution in [3.8, 4) is 11.5 Å². The first-order chi connectivity index (χ1) is 7.13. The molecule has 0 radical (unpaired) electrons. The summed E-state index contributed by atoms with van der Waals surface area (Å²) >= 11 is 0. The van der Waals surface area contributed by atoms with Crippen LogP contribution in [0.15, 0.2) is 24.3 Å². The second-order valence-corrected chi connectivity index (χ2v) is 3.17. The first kappa shape index (κ1) is 11.4. The number of ether oxygens (including phenoxy) is 3. The summed E-state index contributed by atoms with van der Waals surface area (Å²) in [7, 11) is 1.51. The standard InChI is InChI=1S/C11H14O4/c1-8(2)14-11(12)15-10-7-5-4-6-9(10)13-3/h4-8H,1-3H3. The van der Waals surface area contributed by atoms with Crippen LogP contribution in [0, 0.1) is 0 Å². The molecular weight excluding hydrogens is 196 g/mol. The fourth-order valence-corrected chi connectivity index (χ4v) is 1.01. The molecule has 0 atom stereocenters. The lowest BCUT2D eigenvalue weighted by atomic mass is 10.3. The van der Waals surface area contributed by atoms with Gasteiger partial charge >= 0.3 is 6.16 Å². The zero-order chi connectivity index (χ0) is 11.3. The molecule has 0 N–H and O–H groups in total. The largest absolute Gasteiger partial charge is 0.514 e. The van der Waals surface area contributed by atoms with Crippen LogP contribution in [0.1, 0.15) is 13.8 Å². The Hall–Kier alpha value is -1.71. The summed E-state index contributed by atoms with van der Waals surface area (Å²) in [6.07, 6.45) is -0.929. The summed E-state index contributed by atoms with van der Waals surface area (Å²) in [4.78, 5) is 11.2. The van der Waals surface area contributed by atoms with Crippen LogP contribution in [0.5, 0.6) is 11.5 Å². The van der Waals surface area contributed by atoms with Crippen LogP contribution in [-0.2, 0) is 4.74 Å². The fraction of sp³-hybridized carbons (Fsp3) is 0.364. The van der Waals surface area contributed by atoms with Gasteiger partial charge in [-0.2, -0.15) is 0 Å². The summed E-state index contributed by atoms with van der Waals surface area (Å²) in [6, 6.07) is 6.89. The molecule has 0 aliphatic heterocycles. The van der Waals surface area contributed by atoms with E-state index >= 15 is 0 Å². The molecule has 0 aliphatic rings. The van der Waals surface area contributed by atoms with Crippen LogP contribution in [0.25, 0.3) is 0 Å². The highest BCUT2D eigenvalue weighted by molar-refractivity contribution is 5.65. The molecule has 0 amide bonds. The maximum absolute atomic E-state index is 11.2. The summed E-state index contributed by atoms with van der Waals surface area (Å²) < 4.78 is 14.8. The van der Waals surface area contributed by atoms with Crippen molar-refractivity contribution < 1.29 is 19.0 Å². The molecule has 15 heavy (non-hydrogen) atoms. The Labute approximate surface area is 88.8 Å². The lowest BCUT2D eigenvalue weighted by Gasteiger charge is -2.10. The Morgan fingerprint density at radius 3 is 2.33 bits per heavy atom. The minimum Gasteiger partial charge on any atom is -0.493 e. The Kier molecular flexibility index (Phi) is 3.97. The minimum absolute atomic E-state index is 0.202. The van der Waals surface area contributed by atoms with Gasteiger partial charge in [-0.3, -0.25) is 0 Å². The molecule has 0 spiro atoms. The van der Waals surface area contributed by atoms with Crippen molar-refractivity contribution in [3.63, 3.8) is 0 Å². The summed E-state index contributed by atoms with van der Waals surface area (Å²) in [5.41, 5.74) is 0. The van der Waals surface area contributed by atoms with Gasteiger partial charge in [0.25, 0.3) is 0 Å². The van der Waals surface area contributed by atoms with Crippen molar-refractivity contribution in [3.05, 3.63) is 24.3 Å². The molecule has 0 bridgehead atoms. The molecular formula is C11H14O4. The molecule has 0 aliphatic carbocycles. The monoisotopic (exact) mass is 210 g/mol. The lowest BCUT2D eigenvalue weighted by Crippen LogP contribution is -2.15. The molecule has 0 fully saturated rings. The van der Waals surface area contributed by atoms with E-state index in [0.717, 1.165) is 0 Å². The number of hydrogen-bond donors (Lipinski definition) is 0. The van der Waals surface area contributed by atoms with Crippen LogP contribution in [0.2, 0.25) is 0 Å². The second-order valence-electron chi connectivity index (χ2n) is 3.17. The van der Waals surface area contributed by atoms with Gasteiger partial charge in [0, 0.05) is 0 Å². The Balaban J connectivity index is 2.67. The highest BCUT2D eigenvalue weighted by Crippen LogP contribution is 2.26. The van der Waals surface area contributed by atoms with Gasteiger partial charge in [-0.05, 0) is 26.0 Å². The molecule has 82 valence electrons. The third-order valence-corrected chi connectivity index (χ3v) is 1.59. The van der Waals surface area contributed by atoms with Gasteiger partial charge in [0.15, 0.2) is 11.5 Å². The van der Waals surface area contributed by atoms with Crippen molar-refractivity contribution in [1.29, 1.82) is 0 Å². The predicted octanol–water partition coefficient (Wildman–Crippen LogP) is 2.62. The SMILES string of the molecule is COc1ccccc1OC(=O)OC(C)C. The van der Waals surface area contributed by atoms with E-state index in [9.17, 15) is 4.79 Å². The van der Waals surface area contributed by atoms with Crippen molar-refractivity contribution in [2.45, 2.75) is 20.0 Å². The smallest absolute Gasteiger partial charge is 0.493 e. The highest BCUT2D eigenvalue weighted by atomic mass is 16.7. The third kappa shape index (κ3) is 3.50. The highest BCUT2D eigenvalue weighted by Gasteiger charge is 2.11. The van der Waals surface area contributed by atoms with E-state index in [1.54, 1.807) is 38.1 Å². The molecule has 1 aromatic rings. The maximum atomic E-state index is 11.2. The molecule has 0 aromatic heterocycles. The van der Waals surface area contributed by atoms with E-state index in [4.69, 9.17) is 14.2 Å². The lowest BCUT2D eigenvalue weighted by molar-refractivity contribution is 0.0720. The second kappa shape index (κ2) is 5.24. The van der Waals surface area contributed by atoms with Crippen molar-refractivity contribution in [2.75, 3.05) is 7.11 Å². The summed E-state index contributed by atoms with van der Waals surface area (Å²) in [5, 5.41) is 0. The minimum atomic E-state index is -0.727. The van der Waals surface area contributed by atoms with Gasteiger partial charge in [0.2, 0.25) is 0 Å². The number of para-hydroxylation sites is 2. The van der Waals surface area contributed by atoms with Gasteiger partial charge in [0.1, 0.15) is 0 Å². The Morgan fingerprint density at radius 2 is 1.80 bits per heavy atom. The molecule has 0 saturated heterocycles. The van der Waals surface area contributed by atoms with Gasteiger partial charge in [-0.25, -0.2) is 4.79 Å². The number of benzene rings is 1. The summed E-state index contributed by atoms with van der Waals surface area (Å²) in [5.74, 6) is 0.851. The van der Waals surface area contributed by atoms with E-state index in [1.165, 1.54) is 7.11 Å². The van der Waals surface area contributed by atoms with Crippen LogP contribution < -0.4 is 9.47 Å². The van der Waals surface area contributed by atoms with E-state index in [2.05, 4.69) is 0 Å². The zero-order valence-corrected chi connectivity index (χ0v) is 9.02. The van der Waals surface area contributed by atoms with Crippen molar-refractivity contribution in [1.82, 2.24) is 0 Å².